The van der Waals surface area contributed by atoms with E-state index in [9.17, 15) is 0 Å². The van der Waals surface area contributed by atoms with Crippen molar-refractivity contribution in [2.24, 2.45) is 0 Å². The Morgan fingerprint density at radius 3 is 2.83 bits per heavy atom. The minimum Gasteiger partial charge on any atom is -0.494 e. The van der Waals surface area contributed by atoms with Gasteiger partial charge in [0.05, 0.1) is 18.5 Å². The minimum atomic E-state index is 0.319. The van der Waals surface area contributed by atoms with Crippen LogP contribution >= 0.6 is 11.3 Å². The minimum absolute atomic E-state index is 0.319. The van der Waals surface area contributed by atoms with E-state index in [-0.39, 0.29) is 0 Å². The highest BCUT2D eigenvalue weighted by atomic mass is 32.1. The summed E-state index contributed by atoms with van der Waals surface area (Å²) in [4.78, 5) is 15.6. The van der Waals surface area contributed by atoms with E-state index in [0.717, 1.165) is 52.1 Å². The maximum atomic E-state index is 8.95. The van der Waals surface area contributed by atoms with Crippen LogP contribution in [0.3, 0.4) is 0 Å². The molecule has 0 aliphatic carbocycles. The fourth-order valence-corrected chi connectivity index (χ4v) is 4.36. The Kier molecular flexibility index (Phi) is 4.61. The zero-order valence-electron chi connectivity index (χ0n) is 16.4. The predicted molar refractivity (Wildman–Crippen MR) is 114 cm³/mol. The van der Waals surface area contributed by atoms with Crippen LogP contribution < -0.4 is 14.5 Å². The zero-order valence-corrected chi connectivity index (χ0v) is 17.3. The smallest absolute Gasteiger partial charge is 0.168 e. The number of anilines is 2. The largest absolute Gasteiger partial charge is 0.494 e. The molecule has 0 saturated heterocycles. The highest BCUT2D eigenvalue weighted by Crippen LogP contribution is 2.41. The van der Waals surface area contributed by atoms with Crippen LogP contribution in [0.15, 0.2) is 48.1 Å². The summed E-state index contributed by atoms with van der Waals surface area (Å²) in [5, 5.41) is 16.5. The number of ether oxygens (including phenoxy) is 1. The molecule has 0 unspecified atom stereocenters. The molecule has 0 fully saturated rings. The molecule has 0 saturated carbocycles. The molecule has 1 aliphatic rings. The standard InChI is InChI=1S/C21H19N5O3S/c1-13-11-18(26-9-6-16(24-26)21-22-7-10-30-21)15-5-8-25(20(15)23-13)17-4-3-14(29-27)12-19(17)28-2/h3-4,6-7,9-12,27H,5,8H2,1-2H3. The number of nitrogens with zero attached hydrogens (tertiary/aromatic N) is 5. The lowest BCUT2D eigenvalue weighted by Crippen LogP contribution is -2.15. The van der Waals surface area contributed by atoms with Gasteiger partial charge in [-0.05, 0) is 37.6 Å². The normalized spacial score (nSPS) is 12.8. The van der Waals surface area contributed by atoms with E-state index in [1.165, 1.54) is 0 Å². The number of aryl methyl sites for hydroxylation is 1. The lowest BCUT2D eigenvalue weighted by atomic mass is 10.1. The summed E-state index contributed by atoms with van der Waals surface area (Å²) in [5.41, 5.74) is 4.75. The second-order valence-electron chi connectivity index (χ2n) is 6.89. The quantitative estimate of drug-likeness (QED) is 0.381. The van der Waals surface area contributed by atoms with Gasteiger partial charge in [-0.15, -0.1) is 11.3 Å². The van der Waals surface area contributed by atoms with Crippen molar-refractivity contribution in [3.8, 4) is 27.9 Å². The molecule has 1 aliphatic heterocycles. The van der Waals surface area contributed by atoms with Gasteiger partial charge in [0.25, 0.3) is 0 Å². The third-order valence-electron chi connectivity index (χ3n) is 5.08. The Balaban J connectivity index is 1.58. The van der Waals surface area contributed by atoms with E-state index in [1.807, 2.05) is 35.3 Å². The van der Waals surface area contributed by atoms with Gasteiger partial charge >= 0.3 is 0 Å². The third-order valence-corrected chi connectivity index (χ3v) is 5.88. The summed E-state index contributed by atoms with van der Waals surface area (Å²) >= 11 is 1.57. The van der Waals surface area contributed by atoms with E-state index < -0.39 is 0 Å². The molecule has 5 rings (SSSR count). The van der Waals surface area contributed by atoms with Gasteiger partial charge in [0.1, 0.15) is 22.3 Å². The Morgan fingerprint density at radius 2 is 2.07 bits per heavy atom. The van der Waals surface area contributed by atoms with Crippen molar-refractivity contribution in [3.63, 3.8) is 0 Å². The fraction of sp³-hybridized carbons (Fsp3) is 0.190. The molecule has 1 aromatic carbocycles. The second kappa shape index (κ2) is 7.43. The van der Waals surface area contributed by atoms with Gasteiger partial charge in [0.15, 0.2) is 5.75 Å². The number of rotatable bonds is 5. The number of hydrogen-bond donors (Lipinski definition) is 1. The van der Waals surface area contributed by atoms with Crippen molar-refractivity contribution >= 4 is 22.8 Å². The summed E-state index contributed by atoms with van der Waals surface area (Å²) < 4.78 is 7.42. The molecular formula is C21H19N5O3S. The molecule has 0 amide bonds. The molecule has 9 heteroatoms. The van der Waals surface area contributed by atoms with Gasteiger partial charge < -0.3 is 14.5 Å². The number of pyridine rings is 1. The molecule has 0 radical (unpaired) electrons. The molecule has 1 N–H and O–H groups in total. The molecule has 30 heavy (non-hydrogen) atoms. The average molecular weight is 421 g/mol. The van der Waals surface area contributed by atoms with Crippen LogP contribution in [0.2, 0.25) is 0 Å². The number of aromatic nitrogens is 4. The van der Waals surface area contributed by atoms with Gasteiger partial charge in [-0.1, -0.05) is 0 Å². The van der Waals surface area contributed by atoms with Crippen molar-refractivity contribution in [2.45, 2.75) is 13.3 Å². The topological polar surface area (TPSA) is 85.5 Å². The van der Waals surface area contributed by atoms with Crippen LogP contribution in [0.1, 0.15) is 11.3 Å². The Morgan fingerprint density at radius 1 is 1.17 bits per heavy atom. The van der Waals surface area contributed by atoms with Crippen LogP contribution in [0, 0.1) is 6.92 Å². The maximum Gasteiger partial charge on any atom is 0.168 e. The molecule has 4 heterocycles. The number of methoxy groups -OCH3 is 1. The molecule has 8 nitrogen and oxygen atoms in total. The molecule has 0 spiro atoms. The van der Waals surface area contributed by atoms with Gasteiger partial charge in [-0.2, -0.15) is 5.10 Å². The van der Waals surface area contributed by atoms with Crippen molar-refractivity contribution in [2.75, 3.05) is 18.6 Å². The number of hydrogen-bond acceptors (Lipinski definition) is 8. The van der Waals surface area contributed by atoms with Crippen molar-refractivity contribution in [3.05, 3.63) is 59.4 Å². The van der Waals surface area contributed by atoms with Crippen LogP contribution in [-0.4, -0.2) is 38.7 Å². The SMILES string of the molecule is COc1cc(OO)ccc1N1CCc2c(-n3ccc(-c4nccs4)n3)cc(C)nc21. The summed E-state index contributed by atoms with van der Waals surface area (Å²) in [5.74, 6) is 1.80. The first kappa shape index (κ1) is 18.6. The third kappa shape index (κ3) is 3.08. The van der Waals surface area contributed by atoms with Gasteiger partial charge in [-0.3, -0.25) is 0 Å². The first-order valence-electron chi connectivity index (χ1n) is 9.41. The highest BCUT2D eigenvalue weighted by molar-refractivity contribution is 7.13. The Labute approximate surface area is 176 Å². The van der Waals surface area contributed by atoms with E-state index in [2.05, 4.69) is 20.8 Å². The van der Waals surface area contributed by atoms with Crippen LogP contribution in [0.4, 0.5) is 11.5 Å². The first-order chi connectivity index (χ1) is 14.7. The van der Waals surface area contributed by atoms with Gasteiger partial charge in [0.2, 0.25) is 0 Å². The number of thiazole rings is 1. The van der Waals surface area contributed by atoms with E-state index >= 15 is 0 Å². The van der Waals surface area contributed by atoms with Crippen molar-refractivity contribution in [1.82, 2.24) is 19.7 Å². The summed E-state index contributed by atoms with van der Waals surface area (Å²) in [6.07, 6.45) is 4.57. The van der Waals surface area contributed by atoms with E-state index in [4.69, 9.17) is 20.1 Å². The van der Waals surface area contributed by atoms with Crippen LogP contribution in [0.5, 0.6) is 11.5 Å². The molecule has 4 aromatic rings. The predicted octanol–water partition coefficient (Wildman–Crippen LogP) is 4.25. The lowest BCUT2D eigenvalue weighted by Gasteiger charge is -2.22. The fourth-order valence-electron chi connectivity index (χ4n) is 3.76. The van der Waals surface area contributed by atoms with Gasteiger partial charge in [-0.25, -0.2) is 19.9 Å². The molecule has 3 aromatic heterocycles. The summed E-state index contributed by atoms with van der Waals surface area (Å²) in [6, 6.07) is 9.24. The van der Waals surface area contributed by atoms with E-state index in [0.29, 0.717) is 11.5 Å². The van der Waals surface area contributed by atoms with E-state index in [1.54, 1.807) is 36.8 Å². The Hall–Kier alpha value is -3.43. The number of fused-ring (bicyclic) bond motifs is 1. The highest BCUT2D eigenvalue weighted by Gasteiger charge is 2.28. The summed E-state index contributed by atoms with van der Waals surface area (Å²) in [6.45, 7) is 2.74. The van der Waals surface area contributed by atoms with Crippen molar-refractivity contribution in [1.29, 1.82) is 0 Å². The molecular weight excluding hydrogens is 402 g/mol. The monoisotopic (exact) mass is 421 g/mol. The zero-order chi connectivity index (χ0) is 20.7. The average Bonchev–Trinajstić information content (AvgIpc) is 3.52. The maximum absolute atomic E-state index is 8.95. The van der Waals surface area contributed by atoms with Crippen molar-refractivity contribution < 1.29 is 14.9 Å². The van der Waals surface area contributed by atoms with Crippen LogP contribution in [-0.2, 0) is 6.42 Å². The molecule has 0 atom stereocenters. The second-order valence-corrected chi connectivity index (χ2v) is 7.79. The Bertz CT molecular complexity index is 1210. The first-order valence-corrected chi connectivity index (χ1v) is 10.3. The van der Waals surface area contributed by atoms with Crippen LogP contribution in [0.25, 0.3) is 16.4 Å². The number of benzene rings is 1. The summed E-state index contributed by atoms with van der Waals surface area (Å²) in [7, 11) is 1.59. The van der Waals surface area contributed by atoms with Gasteiger partial charge in [0, 0.05) is 41.6 Å². The molecule has 0 bridgehead atoms. The molecule has 152 valence electrons. The lowest BCUT2D eigenvalue weighted by molar-refractivity contribution is -0.137.